The molecule has 3 N–H and O–H groups in total. The average molecular weight is 355 g/mol. The van der Waals surface area contributed by atoms with Gasteiger partial charge in [0.25, 0.3) is 0 Å². The van der Waals surface area contributed by atoms with Crippen LogP contribution in [-0.2, 0) is 10.3 Å². The number of benzene rings is 2. The molecule has 3 nitrogen and oxygen atoms in total. The number of hydrogen-bond acceptors (Lipinski definition) is 2. The molecule has 0 radical (unpaired) electrons. The van der Waals surface area contributed by atoms with Crippen LogP contribution in [0.25, 0.3) is 0 Å². The van der Waals surface area contributed by atoms with E-state index >= 15 is 0 Å². The number of anilines is 1. The molecule has 0 aliphatic rings. The van der Waals surface area contributed by atoms with Crippen LogP contribution in [0.5, 0.6) is 0 Å². The van der Waals surface area contributed by atoms with Gasteiger partial charge in [-0.15, -0.1) is 0 Å². The molecule has 0 heterocycles. The lowest BCUT2D eigenvalue weighted by Crippen LogP contribution is -2.46. The summed E-state index contributed by atoms with van der Waals surface area (Å²) in [4.78, 5) is 11.9. The lowest BCUT2D eigenvalue weighted by molar-refractivity contribution is -0.122. The SMILES string of the molecule is CC(Nc1ccccc1Br)(C(N)=O)c1ccc(F)cc1F. The minimum absolute atomic E-state index is 0.0212. The summed E-state index contributed by atoms with van der Waals surface area (Å²) in [6, 6.07) is 10.1. The van der Waals surface area contributed by atoms with Crippen molar-refractivity contribution < 1.29 is 13.6 Å². The summed E-state index contributed by atoms with van der Waals surface area (Å²) >= 11 is 3.33. The number of carbonyl (C=O) groups excluding carboxylic acids is 1. The van der Waals surface area contributed by atoms with E-state index in [0.717, 1.165) is 12.1 Å². The third-order valence-corrected chi connectivity index (χ3v) is 3.91. The molecule has 0 fully saturated rings. The van der Waals surface area contributed by atoms with Gasteiger partial charge < -0.3 is 11.1 Å². The molecule has 6 heteroatoms. The van der Waals surface area contributed by atoms with E-state index in [1.807, 2.05) is 0 Å². The number of para-hydroxylation sites is 1. The lowest BCUT2D eigenvalue weighted by atomic mass is 9.90. The van der Waals surface area contributed by atoms with Crippen LogP contribution in [0.15, 0.2) is 46.9 Å². The zero-order valence-corrected chi connectivity index (χ0v) is 12.7. The van der Waals surface area contributed by atoms with Gasteiger partial charge in [0.2, 0.25) is 5.91 Å². The molecule has 110 valence electrons. The van der Waals surface area contributed by atoms with Crippen LogP contribution in [-0.4, -0.2) is 5.91 Å². The maximum absolute atomic E-state index is 14.0. The summed E-state index contributed by atoms with van der Waals surface area (Å²) < 4.78 is 27.7. The molecule has 0 aliphatic heterocycles. The van der Waals surface area contributed by atoms with Gasteiger partial charge in [0.1, 0.15) is 17.2 Å². The van der Waals surface area contributed by atoms with E-state index in [-0.39, 0.29) is 5.56 Å². The Bertz CT molecular complexity index is 693. The second-order valence-electron chi connectivity index (χ2n) is 4.72. The fraction of sp³-hybridized carbons (Fsp3) is 0.133. The summed E-state index contributed by atoms with van der Waals surface area (Å²) in [7, 11) is 0. The number of rotatable bonds is 4. The molecular weight excluding hydrogens is 342 g/mol. The van der Waals surface area contributed by atoms with Gasteiger partial charge in [0.05, 0.1) is 0 Å². The van der Waals surface area contributed by atoms with Gasteiger partial charge in [-0.3, -0.25) is 4.79 Å². The first-order valence-electron chi connectivity index (χ1n) is 6.13. The lowest BCUT2D eigenvalue weighted by Gasteiger charge is -2.30. The molecule has 0 aromatic heterocycles. The summed E-state index contributed by atoms with van der Waals surface area (Å²) in [5.74, 6) is -2.33. The number of amides is 1. The Morgan fingerprint density at radius 3 is 2.48 bits per heavy atom. The molecule has 2 rings (SSSR count). The Labute approximate surface area is 129 Å². The molecule has 0 bridgehead atoms. The number of primary amides is 1. The number of hydrogen-bond donors (Lipinski definition) is 2. The largest absolute Gasteiger partial charge is 0.367 e. The maximum Gasteiger partial charge on any atom is 0.247 e. The topological polar surface area (TPSA) is 55.1 Å². The predicted octanol–water partition coefficient (Wildman–Crippen LogP) is 3.54. The average Bonchev–Trinajstić information content (AvgIpc) is 2.41. The van der Waals surface area contributed by atoms with Gasteiger partial charge in [0, 0.05) is 21.8 Å². The van der Waals surface area contributed by atoms with Crippen LogP contribution in [0.4, 0.5) is 14.5 Å². The minimum atomic E-state index is -1.51. The molecule has 1 unspecified atom stereocenters. The normalized spacial score (nSPS) is 13.5. The third kappa shape index (κ3) is 3.05. The van der Waals surface area contributed by atoms with E-state index in [9.17, 15) is 13.6 Å². The van der Waals surface area contributed by atoms with Gasteiger partial charge in [0.15, 0.2) is 0 Å². The highest BCUT2D eigenvalue weighted by molar-refractivity contribution is 9.10. The molecule has 0 spiro atoms. The molecule has 2 aromatic rings. The molecule has 2 aromatic carbocycles. The smallest absolute Gasteiger partial charge is 0.247 e. The molecule has 0 aliphatic carbocycles. The van der Waals surface area contributed by atoms with Crippen LogP contribution in [0.2, 0.25) is 0 Å². The van der Waals surface area contributed by atoms with Crippen molar-refractivity contribution in [2.75, 3.05) is 5.32 Å². The zero-order chi connectivity index (χ0) is 15.6. The van der Waals surface area contributed by atoms with Crippen molar-refractivity contribution in [1.29, 1.82) is 0 Å². The van der Waals surface area contributed by atoms with Crippen molar-refractivity contribution in [3.05, 3.63) is 64.1 Å². The van der Waals surface area contributed by atoms with E-state index in [2.05, 4.69) is 21.2 Å². The number of nitrogens with one attached hydrogen (secondary N) is 1. The van der Waals surface area contributed by atoms with Crippen LogP contribution < -0.4 is 11.1 Å². The molecule has 21 heavy (non-hydrogen) atoms. The van der Waals surface area contributed by atoms with Crippen LogP contribution in [0, 0.1) is 11.6 Å². The summed E-state index contributed by atoms with van der Waals surface area (Å²) in [5.41, 5.74) is 4.47. The van der Waals surface area contributed by atoms with Crippen molar-refractivity contribution >= 4 is 27.5 Å². The highest BCUT2D eigenvalue weighted by Gasteiger charge is 2.36. The van der Waals surface area contributed by atoms with E-state index in [0.29, 0.717) is 10.2 Å². The second-order valence-corrected chi connectivity index (χ2v) is 5.57. The Balaban J connectivity index is 2.51. The Morgan fingerprint density at radius 2 is 1.90 bits per heavy atom. The molecule has 0 saturated heterocycles. The van der Waals surface area contributed by atoms with Crippen LogP contribution in [0.1, 0.15) is 12.5 Å². The summed E-state index contributed by atoms with van der Waals surface area (Å²) in [6.45, 7) is 1.45. The fourth-order valence-electron chi connectivity index (χ4n) is 1.99. The highest BCUT2D eigenvalue weighted by atomic mass is 79.9. The van der Waals surface area contributed by atoms with Crippen LogP contribution in [0.3, 0.4) is 0 Å². The first-order chi connectivity index (χ1) is 9.84. The number of carbonyl (C=O) groups is 1. The van der Waals surface area contributed by atoms with Crippen molar-refractivity contribution in [3.8, 4) is 0 Å². The van der Waals surface area contributed by atoms with Crippen molar-refractivity contribution in [2.45, 2.75) is 12.5 Å². The van der Waals surface area contributed by atoms with Gasteiger partial charge in [-0.05, 0) is 41.1 Å². The minimum Gasteiger partial charge on any atom is -0.367 e. The Hall–Kier alpha value is -1.95. The zero-order valence-electron chi connectivity index (χ0n) is 11.2. The standard InChI is InChI=1S/C15H13BrF2N2O/c1-15(14(19)21,10-7-6-9(17)8-12(10)18)20-13-5-3-2-4-11(13)16/h2-8,20H,1H3,(H2,19,21). The molecule has 1 atom stereocenters. The van der Waals surface area contributed by atoms with Crippen LogP contribution >= 0.6 is 15.9 Å². The van der Waals surface area contributed by atoms with E-state index in [1.165, 1.54) is 13.0 Å². The van der Waals surface area contributed by atoms with Gasteiger partial charge in [-0.1, -0.05) is 18.2 Å². The third-order valence-electron chi connectivity index (χ3n) is 3.22. The van der Waals surface area contributed by atoms with E-state index in [1.54, 1.807) is 24.3 Å². The predicted molar refractivity (Wildman–Crippen MR) is 80.7 cm³/mol. The maximum atomic E-state index is 14.0. The number of halogens is 3. The van der Waals surface area contributed by atoms with E-state index < -0.39 is 23.1 Å². The van der Waals surface area contributed by atoms with Crippen molar-refractivity contribution in [1.82, 2.24) is 0 Å². The highest BCUT2D eigenvalue weighted by Crippen LogP contribution is 2.31. The molecule has 1 amide bonds. The Kier molecular flexibility index (Phi) is 4.27. The summed E-state index contributed by atoms with van der Waals surface area (Å²) in [5, 5.41) is 2.92. The monoisotopic (exact) mass is 354 g/mol. The van der Waals surface area contributed by atoms with Crippen molar-refractivity contribution in [2.24, 2.45) is 5.73 Å². The van der Waals surface area contributed by atoms with Gasteiger partial charge in [-0.2, -0.15) is 0 Å². The second kappa shape index (κ2) is 5.81. The summed E-state index contributed by atoms with van der Waals surface area (Å²) in [6.07, 6.45) is 0. The fourth-order valence-corrected chi connectivity index (χ4v) is 2.37. The molecule has 0 saturated carbocycles. The van der Waals surface area contributed by atoms with Crippen molar-refractivity contribution in [3.63, 3.8) is 0 Å². The first kappa shape index (κ1) is 15.4. The first-order valence-corrected chi connectivity index (χ1v) is 6.92. The van der Waals surface area contributed by atoms with Gasteiger partial charge >= 0.3 is 0 Å². The Morgan fingerprint density at radius 1 is 1.24 bits per heavy atom. The number of nitrogens with two attached hydrogens (primary N) is 1. The van der Waals surface area contributed by atoms with E-state index in [4.69, 9.17) is 5.73 Å². The van der Waals surface area contributed by atoms with Gasteiger partial charge in [-0.25, -0.2) is 8.78 Å². The molecular formula is C15H13BrF2N2O. The quantitative estimate of drug-likeness (QED) is 0.882.